The number of amides is 1. The number of halogens is 1. The summed E-state index contributed by atoms with van der Waals surface area (Å²) in [7, 11) is 0. The summed E-state index contributed by atoms with van der Waals surface area (Å²) in [4.78, 5) is 34.8. The first-order valence-electron chi connectivity index (χ1n) is 5.64. The second-order valence-corrected chi connectivity index (χ2v) is 4.87. The van der Waals surface area contributed by atoms with Gasteiger partial charge in [-0.3, -0.25) is 14.4 Å². The average molecular weight is 282 g/mol. The van der Waals surface area contributed by atoms with Gasteiger partial charge >= 0.3 is 0 Å². The van der Waals surface area contributed by atoms with Crippen molar-refractivity contribution in [2.24, 2.45) is 0 Å². The third kappa shape index (κ3) is 2.39. The average Bonchev–Trinajstić information content (AvgIpc) is 2.55. The van der Waals surface area contributed by atoms with Crippen molar-refractivity contribution in [3.8, 4) is 0 Å². The van der Waals surface area contributed by atoms with Gasteiger partial charge in [-0.1, -0.05) is 23.7 Å². The van der Waals surface area contributed by atoms with Crippen molar-refractivity contribution in [1.82, 2.24) is 5.32 Å². The molecule has 1 aromatic carbocycles. The predicted molar refractivity (Wildman–Crippen MR) is 67.5 cm³/mol. The van der Waals surface area contributed by atoms with E-state index in [0.29, 0.717) is 10.6 Å². The molecule has 0 radical (unpaired) electrons. The first kappa shape index (κ1) is 13.7. The molecule has 1 aliphatic heterocycles. The maximum absolute atomic E-state index is 12.0. The molecule has 100 valence electrons. The van der Waals surface area contributed by atoms with Gasteiger partial charge in [-0.15, -0.1) is 0 Å². The van der Waals surface area contributed by atoms with Crippen LogP contribution in [0.2, 0.25) is 5.02 Å². The Labute approximate surface area is 114 Å². The minimum absolute atomic E-state index is 0.438. The molecule has 5 nitrogen and oxygen atoms in total. The van der Waals surface area contributed by atoms with Crippen LogP contribution in [0.25, 0.3) is 0 Å². The van der Waals surface area contributed by atoms with E-state index in [2.05, 4.69) is 5.32 Å². The van der Waals surface area contributed by atoms with Crippen LogP contribution < -0.4 is 5.32 Å². The van der Waals surface area contributed by atoms with Gasteiger partial charge in [-0.05, 0) is 24.6 Å². The van der Waals surface area contributed by atoms with Crippen molar-refractivity contribution in [1.29, 1.82) is 0 Å². The molecule has 2 rings (SSSR count). The number of benzene rings is 1. The topological polar surface area (TPSA) is 72.5 Å². The van der Waals surface area contributed by atoms with Crippen LogP contribution in [-0.4, -0.2) is 23.7 Å². The Hall–Kier alpha value is -1.72. The minimum Gasteiger partial charge on any atom is -0.331 e. The molecule has 1 N–H and O–H groups in total. The molecule has 6 heteroatoms. The van der Waals surface area contributed by atoms with Crippen LogP contribution in [0.3, 0.4) is 0 Å². The summed E-state index contributed by atoms with van der Waals surface area (Å²) in [5, 5.41) is 2.82. The number of carbonyl (C=O) groups is 3. The Morgan fingerprint density at radius 3 is 2.42 bits per heavy atom. The van der Waals surface area contributed by atoms with Crippen molar-refractivity contribution < 1.29 is 19.1 Å². The summed E-state index contributed by atoms with van der Waals surface area (Å²) in [5.74, 6) is -1.88. The molecule has 0 aromatic heterocycles. The molecule has 1 heterocycles. The molecule has 1 amide bonds. The second-order valence-electron chi connectivity index (χ2n) is 4.43. The fraction of sp³-hybridized carbons (Fsp3) is 0.308. The van der Waals surface area contributed by atoms with Crippen LogP contribution in [0.5, 0.6) is 0 Å². The Balaban J connectivity index is 2.34. The van der Waals surface area contributed by atoms with Gasteiger partial charge in [0.15, 0.2) is 11.8 Å². The van der Waals surface area contributed by atoms with Gasteiger partial charge in [0.1, 0.15) is 0 Å². The predicted octanol–water partition coefficient (Wildman–Crippen LogP) is 1.19. The van der Waals surface area contributed by atoms with Gasteiger partial charge in [0.2, 0.25) is 11.7 Å². The van der Waals surface area contributed by atoms with E-state index in [1.54, 1.807) is 24.3 Å². The SMILES string of the molecule is CC(=O)NC1OC(C)(c2ccc(Cl)cc2)C(=O)C1=O. The molecule has 2 unspecified atom stereocenters. The van der Waals surface area contributed by atoms with Crippen LogP contribution in [0.1, 0.15) is 19.4 Å². The maximum atomic E-state index is 12.0. The lowest BCUT2D eigenvalue weighted by Gasteiger charge is -2.22. The highest BCUT2D eigenvalue weighted by Gasteiger charge is 2.52. The lowest BCUT2D eigenvalue weighted by molar-refractivity contribution is -0.138. The third-order valence-electron chi connectivity index (χ3n) is 2.98. The fourth-order valence-electron chi connectivity index (χ4n) is 1.94. The standard InChI is InChI=1S/C13H12ClNO4/c1-7(16)15-12-10(17)11(18)13(2,19-12)8-3-5-9(14)6-4-8/h3-6,12H,1-2H3,(H,15,16). The van der Waals surface area contributed by atoms with Crippen LogP contribution in [0, 0.1) is 0 Å². The molecule has 2 atom stereocenters. The van der Waals surface area contributed by atoms with Crippen LogP contribution >= 0.6 is 11.6 Å². The minimum atomic E-state index is -1.39. The molecule has 1 aromatic rings. The molecule has 1 saturated heterocycles. The molecule has 1 fully saturated rings. The van der Waals surface area contributed by atoms with Gasteiger partial charge in [0.25, 0.3) is 5.78 Å². The first-order valence-corrected chi connectivity index (χ1v) is 6.02. The second kappa shape index (κ2) is 4.75. The summed E-state index contributed by atoms with van der Waals surface area (Å²) in [6, 6.07) is 6.44. The molecular weight excluding hydrogens is 270 g/mol. The largest absolute Gasteiger partial charge is 0.331 e. The van der Waals surface area contributed by atoms with Crippen molar-refractivity contribution in [2.75, 3.05) is 0 Å². The molecular formula is C13H12ClNO4. The zero-order valence-electron chi connectivity index (χ0n) is 10.4. The Morgan fingerprint density at radius 2 is 1.89 bits per heavy atom. The number of ether oxygens (including phenoxy) is 1. The number of Topliss-reactive ketones (excluding diaryl/α,β-unsaturated/α-hetero) is 2. The zero-order valence-corrected chi connectivity index (χ0v) is 11.2. The summed E-state index contributed by atoms with van der Waals surface area (Å²) >= 11 is 5.78. The van der Waals surface area contributed by atoms with E-state index in [-0.39, 0.29) is 0 Å². The lowest BCUT2D eigenvalue weighted by atomic mass is 9.91. The van der Waals surface area contributed by atoms with Gasteiger partial charge in [-0.25, -0.2) is 0 Å². The van der Waals surface area contributed by atoms with E-state index in [1.807, 2.05) is 0 Å². The van der Waals surface area contributed by atoms with Gasteiger partial charge in [0, 0.05) is 11.9 Å². The highest BCUT2D eigenvalue weighted by Crippen LogP contribution is 2.34. The van der Waals surface area contributed by atoms with Gasteiger partial charge in [-0.2, -0.15) is 0 Å². The first-order chi connectivity index (χ1) is 8.84. The number of hydrogen-bond donors (Lipinski definition) is 1. The molecule has 0 spiro atoms. The Bertz CT molecular complexity index is 554. The highest BCUT2D eigenvalue weighted by molar-refractivity contribution is 6.43. The van der Waals surface area contributed by atoms with E-state index < -0.39 is 29.3 Å². The quantitative estimate of drug-likeness (QED) is 0.827. The normalized spacial score (nSPS) is 26.6. The number of ketones is 2. The summed E-state index contributed by atoms with van der Waals surface area (Å²) < 4.78 is 5.44. The summed E-state index contributed by atoms with van der Waals surface area (Å²) in [6.07, 6.45) is -1.23. The molecule has 19 heavy (non-hydrogen) atoms. The fourth-order valence-corrected chi connectivity index (χ4v) is 2.07. The molecule has 0 aliphatic carbocycles. The van der Waals surface area contributed by atoms with E-state index in [9.17, 15) is 14.4 Å². The van der Waals surface area contributed by atoms with Crippen molar-refractivity contribution >= 4 is 29.1 Å². The number of rotatable bonds is 2. The summed E-state index contributed by atoms with van der Waals surface area (Å²) in [5.41, 5.74) is -0.877. The Morgan fingerprint density at radius 1 is 1.32 bits per heavy atom. The van der Waals surface area contributed by atoms with Crippen molar-refractivity contribution in [2.45, 2.75) is 25.7 Å². The number of carbonyl (C=O) groups excluding carboxylic acids is 3. The van der Waals surface area contributed by atoms with E-state index in [1.165, 1.54) is 13.8 Å². The smallest absolute Gasteiger partial charge is 0.251 e. The van der Waals surface area contributed by atoms with E-state index >= 15 is 0 Å². The maximum Gasteiger partial charge on any atom is 0.251 e. The van der Waals surface area contributed by atoms with Crippen LogP contribution in [0.4, 0.5) is 0 Å². The number of hydrogen-bond acceptors (Lipinski definition) is 4. The van der Waals surface area contributed by atoms with Crippen molar-refractivity contribution in [3.05, 3.63) is 34.9 Å². The van der Waals surface area contributed by atoms with Gasteiger partial charge < -0.3 is 10.1 Å². The number of nitrogens with one attached hydrogen (secondary N) is 1. The van der Waals surface area contributed by atoms with Crippen LogP contribution in [-0.2, 0) is 24.7 Å². The molecule has 1 aliphatic rings. The molecule has 0 saturated carbocycles. The highest BCUT2D eigenvalue weighted by atomic mass is 35.5. The van der Waals surface area contributed by atoms with Crippen molar-refractivity contribution in [3.63, 3.8) is 0 Å². The zero-order chi connectivity index (χ0) is 14.2. The van der Waals surface area contributed by atoms with Gasteiger partial charge in [0.05, 0.1) is 0 Å². The molecule has 0 bridgehead atoms. The Kier molecular flexibility index (Phi) is 3.43. The summed E-state index contributed by atoms with van der Waals surface area (Å²) in [6.45, 7) is 2.75. The van der Waals surface area contributed by atoms with E-state index in [4.69, 9.17) is 16.3 Å². The van der Waals surface area contributed by atoms with Crippen LogP contribution in [0.15, 0.2) is 24.3 Å². The monoisotopic (exact) mass is 281 g/mol. The van der Waals surface area contributed by atoms with E-state index in [0.717, 1.165) is 0 Å². The third-order valence-corrected chi connectivity index (χ3v) is 3.23. The lowest BCUT2D eigenvalue weighted by Crippen LogP contribution is -2.38.